The van der Waals surface area contributed by atoms with Crippen LogP contribution in [0.4, 0.5) is 4.39 Å². The molecule has 1 aromatic heterocycles. The minimum absolute atomic E-state index is 0.0285. The van der Waals surface area contributed by atoms with E-state index in [2.05, 4.69) is 4.98 Å². The summed E-state index contributed by atoms with van der Waals surface area (Å²) in [6.45, 7) is 1.72. The summed E-state index contributed by atoms with van der Waals surface area (Å²) in [5, 5.41) is 0.666. The molecule has 0 aliphatic heterocycles. The largest absolute Gasteiger partial charge is 0.360 e. The van der Waals surface area contributed by atoms with Crippen LogP contribution in [0.2, 0.25) is 0 Å². The van der Waals surface area contributed by atoms with E-state index in [9.17, 15) is 9.18 Å². The summed E-state index contributed by atoms with van der Waals surface area (Å²) in [7, 11) is 1.83. The van der Waals surface area contributed by atoms with Crippen molar-refractivity contribution in [2.45, 2.75) is 32.2 Å². The number of aromatic amines is 1. The van der Waals surface area contributed by atoms with Gasteiger partial charge in [-0.1, -0.05) is 0 Å². The molecule has 1 fully saturated rings. The number of rotatable bonds is 2. The summed E-state index contributed by atoms with van der Waals surface area (Å²) in [6.07, 6.45) is 5.00. The number of nitrogens with one attached hydrogen (secondary N) is 1. The van der Waals surface area contributed by atoms with Crippen molar-refractivity contribution in [1.82, 2.24) is 9.88 Å². The van der Waals surface area contributed by atoms with Crippen molar-refractivity contribution in [2.75, 3.05) is 7.05 Å². The Morgan fingerprint density at radius 3 is 2.79 bits per heavy atom. The fourth-order valence-corrected chi connectivity index (χ4v) is 2.56. The lowest BCUT2D eigenvalue weighted by Crippen LogP contribution is -2.41. The molecule has 3 rings (SSSR count). The van der Waals surface area contributed by atoms with E-state index >= 15 is 0 Å². The first-order valence-corrected chi connectivity index (χ1v) is 6.62. The van der Waals surface area contributed by atoms with Crippen molar-refractivity contribution in [3.8, 4) is 0 Å². The van der Waals surface area contributed by atoms with E-state index in [1.165, 1.54) is 12.5 Å². The predicted molar refractivity (Wildman–Crippen MR) is 72.7 cm³/mol. The summed E-state index contributed by atoms with van der Waals surface area (Å²) in [5.74, 6) is -0.299. The highest BCUT2D eigenvalue weighted by Crippen LogP contribution is 2.27. The van der Waals surface area contributed by atoms with E-state index in [0.717, 1.165) is 18.4 Å². The first-order chi connectivity index (χ1) is 9.08. The second-order valence-corrected chi connectivity index (χ2v) is 5.35. The molecule has 0 atom stereocenters. The zero-order valence-electron chi connectivity index (χ0n) is 11.2. The van der Waals surface area contributed by atoms with Gasteiger partial charge in [0, 0.05) is 30.2 Å². The summed E-state index contributed by atoms with van der Waals surface area (Å²) in [4.78, 5) is 17.3. The molecule has 100 valence electrons. The Balaban J connectivity index is 2.00. The minimum atomic E-state index is -0.271. The number of amides is 1. The molecule has 3 nitrogen and oxygen atoms in total. The van der Waals surface area contributed by atoms with Crippen molar-refractivity contribution < 1.29 is 9.18 Å². The number of fused-ring (bicyclic) bond motifs is 1. The Kier molecular flexibility index (Phi) is 2.81. The maximum absolute atomic E-state index is 13.7. The van der Waals surface area contributed by atoms with E-state index in [4.69, 9.17) is 0 Å². The summed E-state index contributed by atoms with van der Waals surface area (Å²) in [6, 6.07) is 3.53. The maximum atomic E-state index is 13.7. The highest BCUT2D eigenvalue weighted by atomic mass is 19.1. The fourth-order valence-electron chi connectivity index (χ4n) is 2.56. The van der Waals surface area contributed by atoms with E-state index in [1.54, 1.807) is 24.1 Å². The molecule has 1 saturated carbocycles. The highest BCUT2D eigenvalue weighted by Gasteiger charge is 2.27. The summed E-state index contributed by atoms with van der Waals surface area (Å²) < 4.78 is 13.7. The monoisotopic (exact) mass is 260 g/mol. The van der Waals surface area contributed by atoms with Crippen LogP contribution >= 0.6 is 0 Å². The molecule has 0 radical (unpaired) electrons. The normalized spacial score (nSPS) is 15.5. The number of halogens is 1. The molecular formula is C15H17FN2O. The first kappa shape index (κ1) is 12.2. The second kappa shape index (κ2) is 4.37. The number of carbonyl (C=O) groups excluding carboxylic acids is 1. The van der Waals surface area contributed by atoms with Gasteiger partial charge in [0.05, 0.1) is 5.56 Å². The number of H-pyrrole nitrogens is 1. The van der Waals surface area contributed by atoms with Crippen molar-refractivity contribution in [1.29, 1.82) is 0 Å². The van der Waals surface area contributed by atoms with Crippen LogP contribution in [0.15, 0.2) is 18.3 Å². The van der Waals surface area contributed by atoms with Crippen LogP contribution in [-0.4, -0.2) is 28.9 Å². The molecular weight excluding hydrogens is 243 g/mol. The van der Waals surface area contributed by atoms with Gasteiger partial charge in [-0.25, -0.2) is 4.39 Å². The molecule has 0 bridgehead atoms. The van der Waals surface area contributed by atoms with Gasteiger partial charge in [-0.15, -0.1) is 0 Å². The average molecular weight is 260 g/mol. The molecule has 0 saturated heterocycles. The van der Waals surface area contributed by atoms with Crippen molar-refractivity contribution in [2.24, 2.45) is 0 Å². The van der Waals surface area contributed by atoms with Gasteiger partial charge in [-0.05, 0) is 43.9 Å². The molecule has 4 heteroatoms. The lowest BCUT2D eigenvalue weighted by Gasteiger charge is -2.34. The van der Waals surface area contributed by atoms with Gasteiger partial charge < -0.3 is 9.88 Å². The molecule has 1 N–H and O–H groups in total. The average Bonchev–Trinajstić information content (AvgIpc) is 2.69. The van der Waals surface area contributed by atoms with Gasteiger partial charge in [0.2, 0.25) is 0 Å². The molecule has 1 amide bonds. The van der Waals surface area contributed by atoms with Crippen LogP contribution in [0, 0.1) is 12.7 Å². The highest BCUT2D eigenvalue weighted by molar-refractivity contribution is 6.06. The third-order valence-corrected chi connectivity index (χ3v) is 4.13. The first-order valence-electron chi connectivity index (χ1n) is 6.62. The quantitative estimate of drug-likeness (QED) is 0.884. The van der Waals surface area contributed by atoms with E-state index < -0.39 is 0 Å². The van der Waals surface area contributed by atoms with E-state index in [0.29, 0.717) is 22.6 Å². The van der Waals surface area contributed by atoms with Crippen molar-refractivity contribution in [3.63, 3.8) is 0 Å². The lowest BCUT2D eigenvalue weighted by molar-refractivity contribution is 0.0654. The summed E-state index contributed by atoms with van der Waals surface area (Å²) in [5.41, 5.74) is 1.95. The van der Waals surface area contributed by atoms with Gasteiger partial charge in [-0.2, -0.15) is 0 Å². The Morgan fingerprint density at radius 1 is 1.42 bits per heavy atom. The third-order valence-electron chi connectivity index (χ3n) is 4.13. The SMILES string of the molecule is Cc1cc2[nH]cc(C(=O)N(C)C3CCC3)c2cc1F. The van der Waals surface area contributed by atoms with Crippen molar-refractivity contribution >= 4 is 16.8 Å². The predicted octanol–water partition coefficient (Wildman–Crippen LogP) is 3.24. The molecule has 1 aliphatic rings. The van der Waals surface area contributed by atoms with Gasteiger partial charge in [0.1, 0.15) is 5.82 Å². The van der Waals surface area contributed by atoms with E-state index in [-0.39, 0.29) is 11.7 Å². The Labute approximate surface area is 111 Å². The molecule has 0 spiro atoms. The van der Waals surface area contributed by atoms with Gasteiger partial charge >= 0.3 is 0 Å². The molecule has 19 heavy (non-hydrogen) atoms. The topological polar surface area (TPSA) is 36.1 Å². The number of carbonyl (C=O) groups is 1. The number of aromatic nitrogens is 1. The summed E-state index contributed by atoms with van der Waals surface area (Å²) >= 11 is 0. The maximum Gasteiger partial charge on any atom is 0.256 e. The molecule has 1 heterocycles. The zero-order chi connectivity index (χ0) is 13.6. The zero-order valence-corrected chi connectivity index (χ0v) is 11.2. The smallest absolute Gasteiger partial charge is 0.256 e. The number of nitrogens with zero attached hydrogens (tertiary/aromatic N) is 1. The van der Waals surface area contributed by atoms with Crippen LogP contribution in [0.25, 0.3) is 10.9 Å². The number of benzene rings is 1. The minimum Gasteiger partial charge on any atom is -0.360 e. The fraction of sp³-hybridized carbons (Fsp3) is 0.400. The number of aryl methyl sites for hydroxylation is 1. The molecule has 1 aromatic carbocycles. The standard InChI is InChI=1S/C15H17FN2O/c1-9-6-14-11(7-13(9)16)12(8-17-14)15(19)18(2)10-4-3-5-10/h6-8,10,17H,3-5H2,1-2H3. The van der Waals surface area contributed by atoms with Crippen LogP contribution < -0.4 is 0 Å². The lowest BCUT2D eigenvalue weighted by atomic mass is 9.91. The number of hydrogen-bond acceptors (Lipinski definition) is 1. The van der Waals surface area contributed by atoms with Gasteiger partial charge in [-0.3, -0.25) is 4.79 Å². The Morgan fingerprint density at radius 2 is 2.16 bits per heavy atom. The van der Waals surface area contributed by atoms with Crippen LogP contribution in [0.1, 0.15) is 35.2 Å². The van der Waals surface area contributed by atoms with Gasteiger partial charge in [0.25, 0.3) is 5.91 Å². The third kappa shape index (κ3) is 1.91. The molecule has 1 aliphatic carbocycles. The Hall–Kier alpha value is -1.84. The number of hydrogen-bond donors (Lipinski definition) is 1. The van der Waals surface area contributed by atoms with Crippen LogP contribution in [-0.2, 0) is 0 Å². The van der Waals surface area contributed by atoms with Crippen LogP contribution in [0.3, 0.4) is 0 Å². The van der Waals surface area contributed by atoms with Crippen LogP contribution in [0.5, 0.6) is 0 Å². The van der Waals surface area contributed by atoms with Crippen molar-refractivity contribution in [3.05, 3.63) is 35.3 Å². The molecule has 2 aromatic rings. The van der Waals surface area contributed by atoms with E-state index in [1.807, 2.05) is 7.05 Å². The van der Waals surface area contributed by atoms with Gasteiger partial charge in [0.15, 0.2) is 0 Å². The Bertz CT molecular complexity index is 643. The second-order valence-electron chi connectivity index (χ2n) is 5.35. The molecule has 0 unspecified atom stereocenters.